The van der Waals surface area contributed by atoms with E-state index in [9.17, 15) is 0 Å². The maximum Gasteiger partial charge on any atom is 0.109 e. The number of nitrogens with zero attached hydrogens (tertiary/aromatic N) is 2. The van der Waals surface area contributed by atoms with Gasteiger partial charge in [-0.05, 0) is 30.4 Å². The summed E-state index contributed by atoms with van der Waals surface area (Å²) in [7, 11) is 2.11. The van der Waals surface area contributed by atoms with Crippen molar-refractivity contribution < 1.29 is 0 Å². The molecular formula is C15H22N2. The number of benzene rings is 1. The SMILES string of the molecule is Cn1c(CCCC(C)(C)C)nc2ccccc21. The van der Waals surface area contributed by atoms with Crippen molar-refractivity contribution in [1.82, 2.24) is 9.55 Å². The molecule has 0 radical (unpaired) electrons. The van der Waals surface area contributed by atoms with Crippen LogP contribution in [-0.2, 0) is 13.5 Å². The monoisotopic (exact) mass is 230 g/mol. The molecule has 0 bridgehead atoms. The molecule has 17 heavy (non-hydrogen) atoms. The predicted octanol–water partition coefficient (Wildman–Crippen LogP) is 3.94. The van der Waals surface area contributed by atoms with Gasteiger partial charge in [0.1, 0.15) is 5.82 Å². The van der Waals surface area contributed by atoms with Gasteiger partial charge >= 0.3 is 0 Å². The summed E-state index contributed by atoms with van der Waals surface area (Å²) in [5.74, 6) is 1.20. The molecule has 92 valence electrons. The van der Waals surface area contributed by atoms with Gasteiger partial charge in [0.25, 0.3) is 0 Å². The lowest BCUT2D eigenvalue weighted by atomic mass is 9.90. The Kier molecular flexibility index (Phi) is 3.23. The number of imidazole rings is 1. The fourth-order valence-corrected chi connectivity index (χ4v) is 2.20. The topological polar surface area (TPSA) is 17.8 Å². The third-order valence-electron chi connectivity index (χ3n) is 3.21. The number of aryl methyl sites for hydroxylation is 2. The highest BCUT2D eigenvalue weighted by molar-refractivity contribution is 5.75. The number of aromatic nitrogens is 2. The Morgan fingerprint density at radius 3 is 2.53 bits per heavy atom. The van der Waals surface area contributed by atoms with Crippen LogP contribution in [0.15, 0.2) is 24.3 Å². The van der Waals surface area contributed by atoms with Gasteiger partial charge in [0.05, 0.1) is 11.0 Å². The molecule has 0 spiro atoms. The second kappa shape index (κ2) is 4.52. The molecule has 0 atom stereocenters. The highest BCUT2D eigenvalue weighted by Gasteiger charge is 2.11. The van der Waals surface area contributed by atoms with Crippen LogP contribution in [0.25, 0.3) is 11.0 Å². The van der Waals surface area contributed by atoms with Gasteiger partial charge in [-0.25, -0.2) is 4.98 Å². The molecule has 0 amide bonds. The van der Waals surface area contributed by atoms with E-state index >= 15 is 0 Å². The Labute approximate surface area is 104 Å². The van der Waals surface area contributed by atoms with Crippen LogP contribution in [0.3, 0.4) is 0 Å². The summed E-state index contributed by atoms with van der Waals surface area (Å²) in [4.78, 5) is 4.69. The van der Waals surface area contributed by atoms with Crippen LogP contribution < -0.4 is 0 Å². The Balaban J connectivity index is 2.11. The fourth-order valence-electron chi connectivity index (χ4n) is 2.20. The van der Waals surface area contributed by atoms with E-state index in [2.05, 4.69) is 50.6 Å². The molecule has 0 saturated carbocycles. The van der Waals surface area contributed by atoms with Gasteiger partial charge < -0.3 is 4.57 Å². The van der Waals surface area contributed by atoms with Crippen molar-refractivity contribution in [1.29, 1.82) is 0 Å². The van der Waals surface area contributed by atoms with E-state index in [4.69, 9.17) is 4.98 Å². The van der Waals surface area contributed by atoms with E-state index in [0.717, 1.165) is 11.9 Å². The summed E-state index contributed by atoms with van der Waals surface area (Å²) < 4.78 is 2.22. The van der Waals surface area contributed by atoms with Gasteiger partial charge in [0, 0.05) is 13.5 Å². The summed E-state index contributed by atoms with van der Waals surface area (Å²) in [6.07, 6.45) is 3.53. The molecule has 0 fully saturated rings. The summed E-state index contributed by atoms with van der Waals surface area (Å²) in [6.45, 7) is 6.88. The molecule has 2 rings (SSSR count). The molecule has 0 saturated heterocycles. The van der Waals surface area contributed by atoms with E-state index in [-0.39, 0.29) is 0 Å². The van der Waals surface area contributed by atoms with Gasteiger partial charge in [-0.3, -0.25) is 0 Å². The van der Waals surface area contributed by atoms with Crippen LogP contribution in [0.5, 0.6) is 0 Å². The van der Waals surface area contributed by atoms with E-state index in [1.165, 1.54) is 24.2 Å². The van der Waals surface area contributed by atoms with Crippen LogP contribution in [0.4, 0.5) is 0 Å². The van der Waals surface area contributed by atoms with Crippen LogP contribution >= 0.6 is 0 Å². The average molecular weight is 230 g/mol. The van der Waals surface area contributed by atoms with E-state index in [1.807, 2.05) is 6.07 Å². The second-order valence-corrected chi connectivity index (χ2v) is 5.99. The quantitative estimate of drug-likeness (QED) is 0.781. The van der Waals surface area contributed by atoms with Crippen LogP contribution in [0, 0.1) is 5.41 Å². The minimum Gasteiger partial charge on any atom is -0.331 e. The highest BCUT2D eigenvalue weighted by Crippen LogP contribution is 2.22. The zero-order valence-electron chi connectivity index (χ0n) is 11.3. The smallest absolute Gasteiger partial charge is 0.109 e. The van der Waals surface area contributed by atoms with Gasteiger partial charge in [-0.15, -0.1) is 0 Å². The first kappa shape index (κ1) is 12.2. The van der Waals surface area contributed by atoms with Crippen molar-refractivity contribution >= 4 is 11.0 Å². The van der Waals surface area contributed by atoms with Crippen LogP contribution in [0.2, 0.25) is 0 Å². The third-order valence-corrected chi connectivity index (χ3v) is 3.21. The lowest BCUT2D eigenvalue weighted by Crippen LogP contribution is -2.06. The minimum atomic E-state index is 0.421. The highest BCUT2D eigenvalue weighted by atomic mass is 15.1. The average Bonchev–Trinajstić information content (AvgIpc) is 2.55. The van der Waals surface area contributed by atoms with Crippen molar-refractivity contribution in [2.75, 3.05) is 0 Å². The summed E-state index contributed by atoms with van der Waals surface area (Å²) in [5.41, 5.74) is 2.77. The molecule has 2 aromatic rings. The van der Waals surface area contributed by atoms with E-state index in [0.29, 0.717) is 5.41 Å². The number of hydrogen-bond acceptors (Lipinski definition) is 1. The number of hydrogen-bond donors (Lipinski definition) is 0. The number of para-hydroxylation sites is 2. The van der Waals surface area contributed by atoms with Crippen molar-refractivity contribution in [3.63, 3.8) is 0 Å². The van der Waals surface area contributed by atoms with Gasteiger partial charge in [-0.2, -0.15) is 0 Å². The second-order valence-electron chi connectivity index (χ2n) is 5.99. The van der Waals surface area contributed by atoms with Gasteiger partial charge in [0.2, 0.25) is 0 Å². The minimum absolute atomic E-state index is 0.421. The molecular weight excluding hydrogens is 208 g/mol. The zero-order chi connectivity index (χ0) is 12.5. The largest absolute Gasteiger partial charge is 0.331 e. The lowest BCUT2D eigenvalue weighted by Gasteiger charge is -2.17. The van der Waals surface area contributed by atoms with Crippen molar-refractivity contribution in [2.24, 2.45) is 12.5 Å². The Morgan fingerprint density at radius 2 is 1.88 bits per heavy atom. The maximum atomic E-state index is 4.69. The van der Waals surface area contributed by atoms with Crippen molar-refractivity contribution in [2.45, 2.75) is 40.0 Å². The van der Waals surface area contributed by atoms with Crippen molar-refractivity contribution in [3.05, 3.63) is 30.1 Å². The Morgan fingerprint density at radius 1 is 1.18 bits per heavy atom. The normalized spacial score (nSPS) is 12.2. The molecule has 1 aromatic carbocycles. The standard InChI is InChI=1S/C15H22N2/c1-15(2,3)11-7-10-14-16-12-8-5-6-9-13(12)17(14)4/h5-6,8-9H,7,10-11H2,1-4H3. The molecule has 2 heteroatoms. The number of fused-ring (bicyclic) bond motifs is 1. The molecule has 0 aliphatic heterocycles. The molecule has 0 aliphatic carbocycles. The van der Waals surface area contributed by atoms with Crippen LogP contribution in [0.1, 0.15) is 39.4 Å². The van der Waals surface area contributed by atoms with Crippen LogP contribution in [-0.4, -0.2) is 9.55 Å². The zero-order valence-corrected chi connectivity index (χ0v) is 11.3. The molecule has 2 nitrogen and oxygen atoms in total. The first-order valence-corrected chi connectivity index (χ1v) is 6.38. The van der Waals surface area contributed by atoms with Gasteiger partial charge in [-0.1, -0.05) is 32.9 Å². The Bertz CT molecular complexity index is 503. The van der Waals surface area contributed by atoms with E-state index < -0.39 is 0 Å². The molecule has 1 aromatic heterocycles. The first-order chi connectivity index (χ1) is 7.97. The van der Waals surface area contributed by atoms with Gasteiger partial charge in [0.15, 0.2) is 0 Å². The summed E-state index contributed by atoms with van der Waals surface area (Å²) >= 11 is 0. The third kappa shape index (κ3) is 2.87. The first-order valence-electron chi connectivity index (χ1n) is 6.38. The summed E-state index contributed by atoms with van der Waals surface area (Å²) in [6, 6.07) is 8.34. The molecule has 0 N–H and O–H groups in total. The maximum absolute atomic E-state index is 4.69. The Hall–Kier alpha value is -1.31. The predicted molar refractivity (Wildman–Crippen MR) is 73.1 cm³/mol. The summed E-state index contributed by atoms with van der Waals surface area (Å²) in [5, 5.41) is 0. The lowest BCUT2D eigenvalue weighted by molar-refractivity contribution is 0.363. The molecule has 1 heterocycles. The number of rotatable bonds is 3. The fraction of sp³-hybridized carbons (Fsp3) is 0.533. The molecule has 0 unspecified atom stereocenters. The van der Waals surface area contributed by atoms with E-state index in [1.54, 1.807) is 0 Å². The van der Waals surface area contributed by atoms with Crippen molar-refractivity contribution in [3.8, 4) is 0 Å². The molecule has 0 aliphatic rings.